The van der Waals surface area contributed by atoms with Gasteiger partial charge in [0.1, 0.15) is 6.61 Å². The van der Waals surface area contributed by atoms with E-state index >= 15 is 0 Å². The molecule has 3 aromatic rings. The summed E-state index contributed by atoms with van der Waals surface area (Å²) in [6.07, 6.45) is -8.07. The van der Waals surface area contributed by atoms with Crippen molar-refractivity contribution >= 4 is 17.6 Å². The molecule has 1 atom stereocenters. The maximum absolute atomic E-state index is 12.9. The third kappa shape index (κ3) is 7.04. The van der Waals surface area contributed by atoms with Gasteiger partial charge in [-0.2, -0.15) is 18.3 Å². The lowest BCUT2D eigenvalue weighted by Crippen LogP contribution is -2.40. The number of carbonyl (C=O) groups excluding carboxylic acids is 1. The molecule has 0 saturated carbocycles. The number of aromatic amines is 1. The first kappa shape index (κ1) is 26.2. The minimum absolute atomic E-state index is 0.0780. The van der Waals surface area contributed by atoms with Crippen molar-refractivity contribution in [3.63, 3.8) is 0 Å². The minimum Gasteiger partial charge on any atom is -0.485 e. The van der Waals surface area contributed by atoms with Crippen LogP contribution in [0.1, 0.15) is 0 Å². The van der Waals surface area contributed by atoms with E-state index in [0.717, 1.165) is 0 Å². The zero-order valence-electron chi connectivity index (χ0n) is 17.7. The number of anilines is 1. The summed E-state index contributed by atoms with van der Waals surface area (Å²) < 4.78 is 85.4. The molecule has 15 heteroatoms. The topological polar surface area (TPSA) is 123 Å². The van der Waals surface area contributed by atoms with Gasteiger partial charge in [0, 0.05) is 11.8 Å². The number of H-pyrrole nitrogens is 1. The number of rotatable bonds is 4. The SMILES string of the molecule is O=C(Nc1ccc(-c2cn[nH]c2)cc1OC(F)(F)F)C1COc2ccccc2O1.O=C(O)C(F)(F)F. The average Bonchev–Trinajstić information content (AvgIpc) is 3.33. The summed E-state index contributed by atoms with van der Waals surface area (Å²) in [6, 6.07) is 10.8. The van der Waals surface area contributed by atoms with Crippen LogP contribution < -0.4 is 19.5 Å². The molecule has 0 fully saturated rings. The monoisotopic (exact) mass is 519 g/mol. The second kappa shape index (κ2) is 10.5. The Kier molecular flexibility index (Phi) is 7.60. The number of benzene rings is 2. The van der Waals surface area contributed by atoms with Crippen molar-refractivity contribution in [2.75, 3.05) is 11.9 Å². The lowest BCUT2D eigenvalue weighted by atomic mass is 10.1. The van der Waals surface area contributed by atoms with E-state index in [1.165, 1.54) is 30.6 Å². The normalized spacial score (nSPS) is 14.8. The summed E-state index contributed by atoms with van der Waals surface area (Å²) >= 11 is 0. The number of aliphatic carboxylic acids is 1. The Hall–Kier alpha value is -4.43. The molecular formula is C21H15F6N3O6. The van der Waals surface area contributed by atoms with E-state index in [1.54, 1.807) is 24.3 Å². The number of fused-ring (bicyclic) bond motifs is 1. The number of hydrogen-bond donors (Lipinski definition) is 3. The first-order valence-electron chi connectivity index (χ1n) is 9.72. The van der Waals surface area contributed by atoms with Crippen LogP contribution in [0.25, 0.3) is 11.1 Å². The zero-order valence-corrected chi connectivity index (χ0v) is 17.7. The van der Waals surface area contributed by atoms with Crippen molar-refractivity contribution in [2.45, 2.75) is 18.6 Å². The Morgan fingerprint density at radius 1 is 1.06 bits per heavy atom. The molecule has 0 aliphatic carbocycles. The second-order valence-corrected chi connectivity index (χ2v) is 6.90. The predicted molar refractivity (Wildman–Crippen MR) is 109 cm³/mol. The number of carboxylic acid groups (broad SMARTS) is 1. The first-order chi connectivity index (χ1) is 16.8. The second-order valence-electron chi connectivity index (χ2n) is 6.90. The van der Waals surface area contributed by atoms with Crippen LogP contribution in [0.3, 0.4) is 0 Å². The molecule has 1 aliphatic rings. The van der Waals surface area contributed by atoms with Crippen LogP contribution in [0.15, 0.2) is 54.9 Å². The average molecular weight is 519 g/mol. The Balaban J connectivity index is 0.000000454. The molecule has 0 radical (unpaired) electrons. The molecule has 1 amide bonds. The molecule has 0 saturated heterocycles. The number of amides is 1. The van der Waals surface area contributed by atoms with Crippen LogP contribution in [0.4, 0.5) is 32.0 Å². The molecule has 0 bridgehead atoms. The Morgan fingerprint density at radius 3 is 2.31 bits per heavy atom. The van der Waals surface area contributed by atoms with E-state index < -0.39 is 36.3 Å². The van der Waals surface area contributed by atoms with Crippen LogP contribution in [0.5, 0.6) is 17.2 Å². The molecule has 3 N–H and O–H groups in total. The summed E-state index contributed by atoms with van der Waals surface area (Å²) in [5.74, 6) is -3.11. The molecule has 192 valence electrons. The van der Waals surface area contributed by atoms with Gasteiger partial charge in [-0.1, -0.05) is 18.2 Å². The Morgan fingerprint density at radius 2 is 1.72 bits per heavy atom. The van der Waals surface area contributed by atoms with E-state index in [0.29, 0.717) is 22.6 Å². The lowest BCUT2D eigenvalue weighted by molar-refractivity contribution is -0.274. The van der Waals surface area contributed by atoms with Gasteiger partial charge < -0.3 is 24.6 Å². The standard InChI is InChI=1S/C19H14F3N3O4.C2HF3O2/c20-19(21,22)29-16-7-11(12-8-23-24-9-12)5-6-13(16)25-18(26)17-10-27-14-3-1-2-4-15(14)28-17;3-2(4,5)1(6)7/h1-9,17H,10H2,(H,23,24)(H,25,26);(H,6,7). The molecule has 4 rings (SSSR count). The fourth-order valence-corrected chi connectivity index (χ4v) is 2.78. The molecule has 1 unspecified atom stereocenters. The van der Waals surface area contributed by atoms with Gasteiger partial charge in [-0.05, 0) is 29.8 Å². The molecule has 9 nitrogen and oxygen atoms in total. The van der Waals surface area contributed by atoms with Crippen molar-refractivity contribution in [1.82, 2.24) is 10.2 Å². The summed E-state index contributed by atoms with van der Waals surface area (Å²) in [5.41, 5.74) is 0.847. The van der Waals surface area contributed by atoms with Crippen LogP contribution >= 0.6 is 0 Å². The van der Waals surface area contributed by atoms with Crippen LogP contribution in [-0.2, 0) is 9.59 Å². The van der Waals surface area contributed by atoms with Gasteiger partial charge in [0.25, 0.3) is 5.91 Å². The van der Waals surface area contributed by atoms with Gasteiger partial charge in [0.15, 0.2) is 17.2 Å². The number of carboxylic acids is 1. The molecular weight excluding hydrogens is 504 g/mol. The maximum Gasteiger partial charge on any atom is 0.573 e. The molecule has 36 heavy (non-hydrogen) atoms. The third-order valence-electron chi connectivity index (χ3n) is 4.34. The quantitative estimate of drug-likeness (QED) is 0.437. The number of alkyl halides is 6. The van der Waals surface area contributed by atoms with E-state index in [9.17, 15) is 31.1 Å². The molecule has 2 aromatic carbocycles. The van der Waals surface area contributed by atoms with Crippen molar-refractivity contribution in [3.05, 3.63) is 54.9 Å². The number of carbonyl (C=O) groups is 2. The number of hydrogen-bond acceptors (Lipinski definition) is 6. The summed E-state index contributed by atoms with van der Waals surface area (Å²) in [4.78, 5) is 21.4. The summed E-state index contributed by atoms with van der Waals surface area (Å²) in [5, 5.41) is 15.9. The fourth-order valence-electron chi connectivity index (χ4n) is 2.78. The number of halogens is 6. The number of aromatic nitrogens is 2. The van der Waals surface area contributed by atoms with Gasteiger partial charge in [0.2, 0.25) is 6.10 Å². The maximum atomic E-state index is 12.9. The first-order valence-corrected chi connectivity index (χ1v) is 9.72. The fraction of sp³-hybridized carbons (Fsp3) is 0.190. The molecule has 1 aliphatic heterocycles. The van der Waals surface area contributed by atoms with E-state index in [2.05, 4.69) is 20.3 Å². The largest absolute Gasteiger partial charge is 0.573 e. The number of nitrogens with zero attached hydrogens (tertiary/aromatic N) is 1. The molecule has 0 spiro atoms. The Bertz CT molecular complexity index is 1210. The molecule has 2 heterocycles. The predicted octanol–water partition coefficient (Wildman–Crippen LogP) is 4.39. The minimum atomic E-state index is -5.08. The van der Waals surface area contributed by atoms with Gasteiger partial charge in [-0.3, -0.25) is 9.89 Å². The van der Waals surface area contributed by atoms with E-state index in [1.807, 2.05) is 0 Å². The van der Waals surface area contributed by atoms with Crippen molar-refractivity contribution in [2.24, 2.45) is 0 Å². The number of nitrogens with one attached hydrogen (secondary N) is 2. The van der Waals surface area contributed by atoms with Gasteiger partial charge >= 0.3 is 18.5 Å². The van der Waals surface area contributed by atoms with E-state index in [-0.39, 0.29) is 12.3 Å². The van der Waals surface area contributed by atoms with Gasteiger partial charge in [-0.15, -0.1) is 13.2 Å². The van der Waals surface area contributed by atoms with Crippen molar-refractivity contribution in [1.29, 1.82) is 0 Å². The van der Waals surface area contributed by atoms with Gasteiger partial charge in [-0.25, -0.2) is 4.79 Å². The highest BCUT2D eigenvalue weighted by atomic mass is 19.4. The smallest absolute Gasteiger partial charge is 0.485 e. The van der Waals surface area contributed by atoms with Crippen LogP contribution in [0, 0.1) is 0 Å². The van der Waals surface area contributed by atoms with Crippen molar-refractivity contribution in [3.8, 4) is 28.4 Å². The van der Waals surface area contributed by atoms with Crippen molar-refractivity contribution < 1.29 is 55.2 Å². The molecule has 1 aromatic heterocycles. The van der Waals surface area contributed by atoms with Crippen LogP contribution in [-0.4, -0.2) is 52.4 Å². The number of ether oxygens (including phenoxy) is 3. The van der Waals surface area contributed by atoms with E-state index in [4.69, 9.17) is 19.4 Å². The highest BCUT2D eigenvalue weighted by Crippen LogP contribution is 2.35. The highest BCUT2D eigenvalue weighted by molar-refractivity contribution is 5.96. The third-order valence-corrected chi connectivity index (χ3v) is 4.34. The lowest BCUT2D eigenvalue weighted by Gasteiger charge is -2.26. The number of para-hydroxylation sites is 2. The zero-order chi connectivity index (χ0) is 26.5. The van der Waals surface area contributed by atoms with Crippen LogP contribution in [0.2, 0.25) is 0 Å². The Labute approximate surface area is 197 Å². The van der Waals surface area contributed by atoms with Gasteiger partial charge in [0.05, 0.1) is 11.9 Å². The summed E-state index contributed by atoms with van der Waals surface area (Å²) in [6.45, 7) is -0.0780. The summed E-state index contributed by atoms with van der Waals surface area (Å²) in [7, 11) is 0. The highest BCUT2D eigenvalue weighted by Gasteiger charge is 2.38.